The summed E-state index contributed by atoms with van der Waals surface area (Å²) < 4.78 is 5.17. The fraction of sp³-hybridized carbons (Fsp3) is 0.444. The van der Waals surface area contributed by atoms with Crippen LogP contribution in [-0.4, -0.2) is 42.1 Å². The highest BCUT2D eigenvalue weighted by atomic mass is 32.2. The summed E-state index contributed by atoms with van der Waals surface area (Å²) in [6.07, 6.45) is 3.17. The van der Waals surface area contributed by atoms with E-state index in [9.17, 15) is 9.59 Å². The highest BCUT2D eigenvalue weighted by Crippen LogP contribution is 2.19. The zero-order chi connectivity index (χ0) is 17.5. The molecule has 1 saturated heterocycles. The van der Waals surface area contributed by atoms with Crippen LogP contribution in [0.5, 0.6) is 0 Å². The average Bonchev–Trinajstić information content (AvgIpc) is 3.34. The van der Waals surface area contributed by atoms with E-state index in [1.54, 1.807) is 28.4 Å². The first-order valence-electron chi connectivity index (χ1n) is 8.43. The third-order valence-electron chi connectivity index (χ3n) is 4.21. The first-order chi connectivity index (χ1) is 12.2. The van der Waals surface area contributed by atoms with Crippen LogP contribution in [0.2, 0.25) is 0 Å². The van der Waals surface area contributed by atoms with Gasteiger partial charge in [0.25, 0.3) is 5.91 Å². The zero-order valence-corrected chi connectivity index (χ0v) is 15.6. The molecular weight excluding hydrogens is 356 g/mol. The molecule has 0 bridgehead atoms. The van der Waals surface area contributed by atoms with E-state index in [4.69, 9.17) is 4.42 Å². The number of carbonyl (C=O) groups excluding carboxylic acids is 2. The molecule has 1 atom stereocenters. The molecule has 7 heteroatoms. The van der Waals surface area contributed by atoms with Crippen molar-refractivity contribution in [2.24, 2.45) is 5.92 Å². The number of likely N-dealkylation sites (tertiary alicyclic amines) is 1. The molecule has 0 aliphatic carbocycles. The van der Waals surface area contributed by atoms with Gasteiger partial charge < -0.3 is 14.6 Å². The van der Waals surface area contributed by atoms with E-state index >= 15 is 0 Å². The average molecular weight is 379 g/mol. The number of hydrogen-bond donors (Lipinski definition) is 1. The molecule has 2 amide bonds. The Kier molecular flexibility index (Phi) is 6.58. The quantitative estimate of drug-likeness (QED) is 0.752. The first-order valence-corrected chi connectivity index (χ1v) is 10.5. The number of thioether (sulfide) groups is 1. The van der Waals surface area contributed by atoms with Crippen molar-refractivity contribution < 1.29 is 14.0 Å². The van der Waals surface area contributed by atoms with Crippen molar-refractivity contribution in [3.05, 3.63) is 46.5 Å². The van der Waals surface area contributed by atoms with Gasteiger partial charge in [-0.2, -0.15) is 23.1 Å². The smallest absolute Gasteiger partial charge is 0.289 e. The van der Waals surface area contributed by atoms with Crippen LogP contribution in [-0.2, 0) is 10.5 Å². The van der Waals surface area contributed by atoms with E-state index in [0.29, 0.717) is 25.4 Å². The Balaban J connectivity index is 1.38. The fourth-order valence-electron chi connectivity index (χ4n) is 2.89. The summed E-state index contributed by atoms with van der Waals surface area (Å²) in [5, 5.41) is 7.24. The second-order valence-corrected chi connectivity index (χ2v) is 7.93. The summed E-state index contributed by atoms with van der Waals surface area (Å²) in [4.78, 5) is 26.4. The number of carbonyl (C=O) groups is 2. The minimum absolute atomic E-state index is 0.0491. The molecule has 1 N–H and O–H groups in total. The summed E-state index contributed by atoms with van der Waals surface area (Å²) in [7, 11) is 0. The van der Waals surface area contributed by atoms with Crippen LogP contribution in [0.15, 0.2) is 39.6 Å². The van der Waals surface area contributed by atoms with Gasteiger partial charge >= 0.3 is 0 Å². The molecule has 0 spiro atoms. The van der Waals surface area contributed by atoms with Crippen molar-refractivity contribution in [1.29, 1.82) is 0 Å². The Morgan fingerprint density at radius 1 is 1.40 bits per heavy atom. The van der Waals surface area contributed by atoms with Crippen LogP contribution in [0, 0.1) is 5.92 Å². The number of piperidine rings is 1. The highest BCUT2D eigenvalue weighted by molar-refractivity contribution is 7.98. The number of nitrogens with one attached hydrogen (secondary N) is 1. The van der Waals surface area contributed by atoms with E-state index in [1.807, 2.05) is 11.8 Å². The summed E-state index contributed by atoms with van der Waals surface area (Å²) >= 11 is 3.52. The van der Waals surface area contributed by atoms with Crippen molar-refractivity contribution in [3.8, 4) is 0 Å². The topological polar surface area (TPSA) is 62.6 Å². The van der Waals surface area contributed by atoms with Crippen LogP contribution in [0.25, 0.3) is 0 Å². The summed E-state index contributed by atoms with van der Waals surface area (Å²) in [6.45, 7) is 1.81. The van der Waals surface area contributed by atoms with E-state index in [1.165, 1.54) is 11.8 Å². The SMILES string of the molecule is O=C(NCCSCc1ccsc1)[C@@H]1CCCN(C(=O)c2ccco2)C1. The maximum absolute atomic E-state index is 12.4. The molecule has 0 unspecified atom stereocenters. The molecular formula is C18H22N2O3S2. The zero-order valence-electron chi connectivity index (χ0n) is 14.0. The Bertz CT molecular complexity index is 671. The monoisotopic (exact) mass is 378 g/mol. The van der Waals surface area contributed by atoms with E-state index in [0.717, 1.165) is 24.3 Å². The van der Waals surface area contributed by atoms with Gasteiger partial charge in [-0.25, -0.2) is 0 Å². The van der Waals surface area contributed by atoms with Gasteiger partial charge in [-0.1, -0.05) is 0 Å². The van der Waals surface area contributed by atoms with Crippen LogP contribution in [0.1, 0.15) is 29.0 Å². The molecule has 5 nitrogen and oxygen atoms in total. The minimum atomic E-state index is -0.131. The molecule has 134 valence electrons. The van der Waals surface area contributed by atoms with Crippen LogP contribution in [0.3, 0.4) is 0 Å². The summed E-state index contributed by atoms with van der Waals surface area (Å²) in [5.41, 5.74) is 1.33. The minimum Gasteiger partial charge on any atom is -0.459 e. The van der Waals surface area contributed by atoms with Crippen molar-refractivity contribution in [2.45, 2.75) is 18.6 Å². The lowest BCUT2D eigenvalue weighted by Crippen LogP contribution is -2.45. The molecule has 0 saturated carbocycles. The largest absolute Gasteiger partial charge is 0.459 e. The van der Waals surface area contributed by atoms with Gasteiger partial charge in [0.1, 0.15) is 0 Å². The molecule has 0 aromatic carbocycles. The standard InChI is InChI=1S/C18H22N2O3S2/c21-17(19-6-10-25-13-14-5-9-24-12-14)15-3-1-7-20(11-15)18(22)16-4-2-8-23-16/h2,4-5,8-9,12,15H,1,3,6-7,10-11,13H2,(H,19,21)/t15-/m1/s1. The molecule has 1 aliphatic heterocycles. The summed E-state index contributed by atoms with van der Waals surface area (Å²) in [5.74, 6) is 2.00. The van der Waals surface area contributed by atoms with Gasteiger partial charge in [-0.05, 0) is 47.4 Å². The Morgan fingerprint density at radius 2 is 2.32 bits per heavy atom. The maximum Gasteiger partial charge on any atom is 0.289 e. The Labute approximate surface area is 155 Å². The first kappa shape index (κ1) is 18.1. The molecule has 1 aliphatic rings. The molecule has 3 heterocycles. The third-order valence-corrected chi connectivity index (χ3v) is 5.97. The van der Waals surface area contributed by atoms with E-state index in [-0.39, 0.29) is 17.7 Å². The van der Waals surface area contributed by atoms with Gasteiger partial charge in [0.15, 0.2) is 5.76 Å². The van der Waals surface area contributed by atoms with Gasteiger partial charge in [-0.15, -0.1) is 0 Å². The lowest BCUT2D eigenvalue weighted by atomic mass is 9.97. The third kappa shape index (κ3) is 5.12. The number of nitrogens with zero attached hydrogens (tertiary/aromatic N) is 1. The van der Waals surface area contributed by atoms with Crippen LogP contribution >= 0.6 is 23.1 Å². The van der Waals surface area contributed by atoms with E-state index < -0.39 is 0 Å². The number of rotatable bonds is 7. The van der Waals surface area contributed by atoms with Gasteiger partial charge in [0.05, 0.1) is 12.2 Å². The van der Waals surface area contributed by atoms with Crippen molar-refractivity contribution in [3.63, 3.8) is 0 Å². The fourth-order valence-corrected chi connectivity index (χ4v) is 4.47. The summed E-state index contributed by atoms with van der Waals surface area (Å²) in [6, 6.07) is 5.49. The molecule has 2 aromatic heterocycles. The van der Waals surface area contributed by atoms with Gasteiger partial charge in [0.2, 0.25) is 5.91 Å². The maximum atomic E-state index is 12.4. The Hall–Kier alpha value is -1.73. The number of amides is 2. The predicted octanol–water partition coefficient (Wildman–Crippen LogP) is 3.24. The molecule has 3 rings (SSSR count). The lowest BCUT2D eigenvalue weighted by Gasteiger charge is -2.31. The van der Waals surface area contributed by atoms with Gasteiger partial charge in [-0.3, -0.25) is 9.59 Å². The van der Waals surface area contributed by atoms with Crippen molar-refractivity contribution in [1.82, 2.24) is 10.2 Å². The van der Waals surface area contributed by atoms with Crippen LogP contribution in [0.4, 0.5) is 0 Å². The van der Waals surface area contributed by atoms with Crippen molar-refractivity contribution >= 4 is 34.9 Å². The lowest BCUT2D eigenvalue weighted by molar-refractivity contribution is -0.126. The van der Waals surface area contributed by atoms with Gasteiger partial charge in [0, 0.05) is 31.1 Å². The van der Waals surface area contributed by atoms with E-state index in [2.05, 4.69) is 22.1 Å². The molecule has 1 fully saturated rings. The second-order valence-electron chi connectivity index (χ2n) is 6.04. The molecule has 25 heavy (non-hydrogen) atoms. The van der Waals surface area contributed by atoms with Crippen molar-refractivity contribution in [2.75, 3.05) is 25.4 Å². The normalized spacial score (nSPS) is 17.4. The number of furan rings is 1. The van der Waals surface area contributed by atoms with Crippen LogP contribution < -0.4 is 5.32 Å². The molecule has 0 radical (unpaired) electrons. The molecule has 2 aromatic rings. The highest BCUT2D eigenvalue weighted by Gasteiger charge is 2.29. The number of thiophene rings is 1. The predicted molar refractivity (Wildman–Crippen MR) is 101 cm³/mol. The number of hydrogen-bond acceptors (Lipinski definition) is 5. The second kappa shape index (κ2) is 9.10. The Morgan fingerprint density at radius 3 is 3.08 bits per heavy atom.